The Bertz CT molecular complexity index is 430. The van der Waals surface area contributed by atoms with Crippen LogP contribution in [0.15, 0.2) is 24.3 Å². The number of benzene rings is 1. The molecular weight excluding hydrogens is 258 g/mol. The van der Waals surface area contributed by atoms with Crippen LogP contribution in [0.3, 0.4) is 0 Å². The molecule has 2 rings (SSSR count). The largest absolute Gasteiger partial charge is 0.496 e. The fraction of sp³-hybridized carbons (Fsp3) is 0.533. The van der Waals surface area contributed by atoms with Crippen molar-refractivity contribution in [3.63, 3.8) is 0 Å². The molecule has 1 aromatic carbocycles. The third-order valence-corrected chi connectivity index (χ3v) is 4.66. The summed E-state index contributed by atoms with van der Waals surface area (Å²) < 4.78 is 5.36. The molecule has 1 amide bonds. The zero-order valence-electron chi connectivity index (χ0n) is 11.6. The number of hydrogen-bond acceptors (Lipinski definition) is 3. The van der Waals surface area contributed by atoms with Crippen molar-refractivity contribution in [1.82, 2.24) is 4.90 Å². The molecule has 1 aromatic rings. The second-order valence-corrected chi connectivity index (χ2v) is 6.11. The van der Waals surface area contributed by atoms with E-state index in [2.05, 4.69) is 13.0 Å². The highest BCUT2D eigenvalue weighted by Gasteiger charge is 2.19. The van der Waals surface area contributed by atoms with Crippen molar-refractivity contribution in [2.45, 2.75) is 25.0 Å². The standard InChI is InChI=1S/C15H21NO2S/c1-12(13-7-3-4-8-14(13)18-2)19-11-15(17)16-9-5-6-10-16/h3-4,7-8,12H,5-6,9-11H2,1-2H3. The lowest BCUT2D eigenvalue weighted by molar-refractivity contribution is -0.127. The zero-order valence-corrected chi connectivity index (χ0v) is 12.4. The van der Waals surface area contributed by atoms with Gasteiger partial charge in [0.25, 0.3) is 0 Å². The number of likely N-dealkylation sites (tertiary alicyclic amines) is 1. The predicted octanol–water partition coefficient (Wildman–Crippen LogP) is 3.11. The molecule has 0 N–H and O–H groups in total. The molecule has 0 aromatic heterocycles. The van der Waals surface area contributed by atoms with Gasteiger partial charge in [-0.1, -0.05) is 18.2 Å². The first-order chi connectivity index (χ1) is 9.22. The molecule has 104 valence electrons. The van der Waals surface area contributed by atoms with Crippen LogP contribution in [0.5, 0.6) is 5.75 Å². The topological polar surface area (TPSA) is 29.5 Å². The summed E-state index contributed by atoms with van der Waals surface area (Å²) in [6.45, 7) is 3.99. The summed E-state index contributed by atoms with van der Waals surface area (Å²) in [5.41, 5.74) is 1.16. The van der Waals surface area contributed by atoms with Crippen molar-refractivity contribution >= 4 is 17.7 Å². The second kappa shape index (κ2) is 6.85. The first-order valence-electron chi connectivity index (χ1n) is 6.74. The van der Waals surface area contributed by atoms with E-state index in [1.54, 1.807) is 18.9 Å². The molecule has 4 heteroatoms. The van der Waals surface area contributed by atoms with E-state index >= 15 is 0 Å². The Labute approximate surface area is 119 Å². The maximum absolute atomic E-state index is 12.0. The molecule has 1 fully saturated rings. The van der Waals surface area contributed by atoms with Gasteiger partial charge in [-0.25, -0.2) is 0 Å². The van der Waals surface area contributed by atoms with Gasteiger partial charge < -0.3 is 9.64 Å². The summed E-state index contributed by atoms with van der Waals surface area (Å²) in [6, 6.07) is 8.01. The molecule has 1 unspecified atom stereocenters. The molecule has 1 atom stereocenters. The van der Waals surface area contributed by atoms with E-state index in [9.17, 15) is 4.79 Å². The smallest absolute Gasteiger partial charge is 0.232 e. The molecule has 1 aliphatic heterocycles. The SMILES string of the molecule is COc1ccccc1C(C)SCC(=O)N1CCCC1. The van der Waals surface area contributed by atoms with Gasteiger partial charge in [-0.15, -0.1) is 11.8 Å². The third kappa shape index (κ3) is 3.66. The fourth-order valence-corrected chi connectivity index (χ4v) is 3.30. The number of para-hydroxylation sites is 1. The van der Waals surface area contributed by atoms with E-state index in [0.29, 0.717) is 5.75 Å². The Kier molecular flexibility index (Phi) is 5.14. The van der Waals surface area contributed by atoms with Crippen LogP contribution >= 0.6 is 11.8 Å². The average molecular weight is 279 g/mol. The Morgan fingerprint density at radius 3 is 2.74 bits per heavy atom. The normalized spacial score (nSPS) is 16.4. The van der Waals surface area contributed by atoms with Crippen LogP contribution < -0.4 is 4.74 Å². The van der Waals surface area contributed by atoms with Crippen molar-refractivity contribution in [3.05, 3.63) is 29.8 Å². The molecule has 1 saturated heterocycles. The van der Waals surface area contributed by atoms with Crippen LogP contribution in [0.4, 0.5) is 0 Å². The molecule has 0 aliphatic carbocycles. The Morgan fingerprint density at radius 2 is 2.05 bits per heavy atom. The lowest BCUT2D eigenvalue weighted by Crippen LogP contribution is -2.29. The second-order valence-electron chi connectivity index (χ2n) is 4.78. The van der Waals surface area contributed by atoms with Crippen molar-refractivity contribution in [2.24, 2.45) is 0 Å². The number of rotatable bonds is 5. The van der Waals surface area contributed by atoms with Crippen molar-refractivity contribution in [1.29, 1.82) is 0 Å². The number of nitrogens with zero attached hydrogens (tertiary/aromatic N) is 1. The van der Waals surface area contributed by atoms with Gasteiger partial charge in [0.2, 0.25) is 5.91 Å². The fourth-order valence-electron chi connectivity index (χ4n) is 2.35. The summed E-state index contributed by atoms with van der Waals surface area (Å²) in [5, 5.41) is 0.266. The van der Waals surface area contributed by atoms with E-state index in [1.165, 1.54) is 0 Å². The molecule has 0 radical (unpaired) electrons. The van der Waals surface area contributed by atoms with Crippen LogP contribution in [0.1, 0.15) is 30.6 Å². The number of amides is 1. The molecule has 0 saturated carbocycles. The minimum atomic E-state index is 0.266. The minimum absolute atomic E-state index is 0.266. The van der Waals surface area contributed by atoms with Crippen molar-refractivity contribution in [2.75, 3.05) is 26.0 Å². The summed E-state index contributed by atoms with van der Waals surface area (Å²) in [7, 11) is 1.69. The molecule has 19 heavy (non-hydrogen) atoms. The Morgan fingerprint density at radius 1 is 1.37 bits per heavy atom. The number of methoxy groups -OCH3 is 1. The van der Waals surface area contributed by atoms with E-state index in [0.717, 1.165) is 37.2 Å². The number of carbonyl (C=O) groups excluding carboxylic acids is 1. The van der Waals surface area contributed by atoms with Gasteiger partial charge in [-0.3, -0.25) is 4.79 Å². The first-order valence-corrected chi connectivity index (χ1v) is 7.79. The number of hydrogen-bond donors (Lipinski definition) is 0. The average Bonchev–Trinajstić information content (AvgIpc) is 2.98. The van der Waals surface area contributed by atoms with E-state index in [-0.39, 0.29) is 11.2 Å². The minimum Gasteiger partial charge on any atom is -0.496 e. The van der Waals surface area contributed by atoms with Gasteiger partial charge >= 0.3 is 0 Å². The third-order valence-electron chi connectivity index (χ3n) is 3.49. The van der Waals surface area contributed by atoms with E-state index < -0.39 is 0 Å². The zero-order chi connectivity index (χ0) is 13.7. The molecule has 1 aliphatic rings. The van der Waals surface area contributed by atoms with Gasteiger partial charge in [-0.2, -0.15) is 0 Å². The van der Waals surface area contributed by atoms with Crippen LogP contribution in [-0.2, 0) is 4.79 Å². The maximum atomic E-state index is 12.0. The number of carbonyl (C=O) groups is 1. The maximum Gasteiger partial charge on any atom is 0.232 e. The van der Waals surface area contributed by atoms with Crippen LogP contribution in [0.2, 0.25) is 0 Å². The van der Waals surface area contributed by atoms with Crippen molar-refractivity contribution < 1.29 is 9.53 Å². The van der Waals surface area contributed by atoms with Gasteiger partial charge in [-0.05, 0) is 25.8 Å². The van der Waals surface area contributed by atoms with Crippen LogP contribution in [0, 0.1) is 0 Å². The van der Waals surface area contributed by atoms with Gasteiger partial charge in [0.15, 0.2) is 0 Å². The van der Waals surface area contributed by atoms with E-state index in [4.69, 9.17) is 4.74 Å². The van der Waals surface area contributed by atoms with Crippen LogP contribution in [0.25, 0.3) is 0 Å². The van der Waals surface area contributed by atoms with Gasteiger partial charge in [0.05, 0.1) is 12.9 Å². The summed E-state index contributed by atoms with van der Waals surface area (Å²) >= 11 is 1.68. The molecule has 1 heterocycles. The number of ether oxygens (including phenoxy) is 1. The molecule has 0 bridgehead atoms. The molecular formula is C15H21NO2S. The monoisotopic (exact) mass is 279 g/mol. The lowest BCUT2D eigenvalue weighted by atomic mass is 10.1. The summed E-state index contributed by atoms with van der Waals surface area (Å²) in [6.07, 6.45) is 2.30. The first kappa shape index (κ1) is 14.3. The van der Waals surface area contributed by atoms with Gasteiger partial charge in [0.1, 0.15) is 5.75 Å². The quantitative estimate of drug-likeness (QED) is 0.829. The Balaban J connectivity index is 1.89. The molecule has 0 spiro atoms. The summed E-state index contributed by atoms with van der Waals surface area (Å²) in [4.78, 5) is 14.0. The highest BCUT2D eigenvalue weighted by molar-refractivity contribution is 8.00. The molecule has 3 nitrogen and oxygen atoms in total. The highest BCUT2D eigenvalue weighted by atomic mass is 32.2. The predicted molar refractivity (Wildman–Crippen MR) is 79.7 cm³/mol. The van der Waals surface area contributed by atoms with Crippen LogP contribution in [-0.4, -0.2) is 36.8 Å². The highest BCUT2D eigenvalue weighted by Crippen LogP contribution is 2.34. The lowest BCUT2D eigenvalue weighted by Gasteiger charge is -2.18. The summed E-state index contributed by atoms with van der Waals surface area (Å²) in [5.74, 6) is 1.72. The van der Waals surface area contributed by atoms with E-state index in [1.807, 2.05) is 23.1 Å². The number of thioether (sulfide) groups is 1. The Hall–Kier alpha value is -1.16. The van der Waals surface area contributed by atoms with Gasteiger partial charge in [0, 0.05) is 23.9 Å². The van der Waals surface area contributed by atoms with Crippen molar-refractivity contribution in [3.8, 4) is 5.75 Å².